The summed E-state index contributed by atoms with van der Waals surface area (Å²) in [6.45, 7) is 0. The summed E-state index contributed by atoms with van der Waals surface area (Å²) < 4.78 is 4.80. The third kappa shape index (κ3) is 6.12. The summed E-state index contributed by atoms with van der Waals surface area (Å²) in [5, 5.41) is 4.99. The van der Waals surface area contributed by atoms with Gasteiger partial charge in [-0.2, -0.15) is 0 Å². The lowest BCUT2D eigenvalue weighted by Crippen LogP contribution is -1.94. The molecule has 12 rings (SSSR count). The molecule has 290 valence electrons. The Morgan fingerprint density at radius 3 is 0.919 bits per heavy atom. The van der Waals surface area contributed by atoms with E-state index in [0.717, 1.165) is 11.4 Å². The average molecular weight is 789 g/mol. The number of fused-ring (bicyclic) bond motifs is 6. The van der Waals surface area contributed by atoms with E-state index in [-0.39, 0.29) is 0 Å². The van der Waals surface area contributed by atoms with E-state index >= 15 is 0 Å². The Morgan fingerprint density at radius 1 is 0.177 bits per heavy atom. The molecule has 0 aliphatic heterocycles. The highest BCUT2D eigenvalue weighted by atomic mass is 15.0. The molecule has 2 heterocycles. The van der Waals surface area contributed by atoms with Gasteiger partial charge in [0.05, 0.1) is 22.1 Å². The van der Waals surface area contributed by atoms with Crippen LogP contribution in [0.1, 0.15) is 0 Å². The molecule has 2 nitrogen and oxygen atoms in total. The molecular weight excluding hydrogens is 749 g/mol. The van der Waals surface area contributed by atoms with Gasteiger partial charge in [0.2, 0.25) is 0 Å². The Balaban J connectivity index is 0.888. The molecule has 0 atom stereocenters. The van der Waals surface area contributed by atoms with E-state index in [1.165, 1.54) is 99.2 Å². The lowest BCUT2D eigenvalue weighted by molar-refractivity contribution is 1.18. The number of para-hydroxylation sites is 2. The molecule has 0 fully saturated rings. The normalized spacial score (nSPS) is 11.5. The predicted molar refractivity (Wildman–Crippen MR) is 262 cm³/mol. The first-order valence-electron chi connectivity index (χ1n) is 21.3. The Bertz CT molecular complexity index is 3580. The van der Waals surface area contributed by atoms with E-state index in [1.54, 1.807) is 0 Å². The van der Waals surface area contributed by atoms with E-state index in [4.69, 9.17) is 0 Å². The molecule has 62 heavy (non-hydrogen) atoms. The van der Waals surface area contributed by atoms with Gasteiger partial charge in [-0.25, -0.2) is 0 Å². The fourth-order valence-electron chi connectivity index (χ4n) is 9.46. The zero-order valence-corrected chi connectivity index (χ0v) is 34.0. The van der Waals surface area contributed by atoms with Crippen molar-refractivity contribution in [3.05, 3.63) is 243 Å². The van der Waals surface area contributed by atoms with Crippen LogP contribution >= 0.6 is 0 Å². The maximum absolute atomic E-state index is 2.40. The van der Waals surface area contributed by atoms with Crippen molar-refractivity contribution in [2.45, 2.75) is 0 Å². The molecule has 0 amide bonds. The van der Waals surface area contributed by atoms with Crippen molar-refractivity contribution in [2.75, 3.05) is 0 Å². The molecule has 0 unspecified atom stereocenters. The summed E-state index contributed by atoms with van der Waals surface area (Å²) in [7, 11) is 0. The number of benzene rings is 10. The second-order valence-electron chi connectivity index (χ2n) is 16.2. The summed E-state index contributed by atoms with van der Waals surface area (Å²) in [6.07, 6.45) is 0. The van der Waals surface area contributed by atoms with E-state index in [2.05, 4.69) is 252 Å². The van der Waals surface area contributed by atoms with Crippen molar-refractivity contribution in [3.63, 3.8) is 0 Å². The second kappa shape index (κ2) is 14.8. The molecule has 2 aromatic heterocycles. The van der Waals surface area contributed by atoms with Gasteiger partial charge in [-0.05, 0) is 122 Å². The molecule has 0 spiro atoms. The smallest absolute Gasteiger partial charge is 0.0541 e. The highest BCUT2D eigenvalue weighted by Crippen LogP contribution is 2.39. The van der Waals surface area contributed by atoms with Crippen LogP contribution < -0.4 is 0 Å². The average Bonchev–Trinajstić information content (AvgIpc) is 3.87. The number of aromatic nitrogens is 2. The zero-order chi connectivity index (χ0) is 41.0. The number of hydrogen-bond donors (Lipinski definition) is 0. The van der Waals surface area contributed by atoms with Crippen LogP contribution in [0.2, 0.25) is 0 Å². The summed E-state index contributed by atoms with van der Waals surface area (Å²) >= 11 is 0. The van der Waals surface area contributed by atoms with Gasteiger partial charge < -0.3 is 9.13 Å². The fraction of sp³-hybridized carbons (Fsp3) is 0. The van der Waals surface area contributed by atoms with Crippen LogP contribution in [0.4, 0.5) is 0 Å². The topological polar surface area (TPSA) is 9.86 Å². The molecule has 0 radical (unpaired) electrons. The van der Waals surface area contributed by atoms with Crippen LogP contribution in [0.15, 0.2) is 243 Å². The van der Waals surface area contributed by atoms with Gasteiger partial charge in [-0.1, -0.05) is 176 Å². The van der Waals surface area contributed by atoms with Crippen molar-refractivity contribution >= 4 is 43.6 Å². The molecule has 10 aromatic carbocycles. The van der Waals surface area contributed by atoms with E-state index < -0.39 is 0 Å². The van der Waals surface area contributed by atoms with Gasteiger partial charge in [0.1, 0.15) is 0 Å². The second-order valence-corrected chi connectivity index (χ2v) is 16.2. The van der Waals surface area contributed by atoms with Crippen LogP contribution in [0, 0.1) is 0 Å². The van der Waals surface area contributed by atoms with Crippen molar-refractivity contribution < 1.29 is 0 Å². The van der Waals surface area contributed by atoms with Gasteiger partial charge in [0.15, 0.2) is 0 Å². The van der Waals surface area contributed by atoms with E-state index in [9.17, 15) is 0 Å². The summed E-state index contributed by atoms with van der Waals surface area (Å²) in [6, 6.07) is 88.3. The fourth-order valence-corrected chi connectivity index (χ4v) is 9.46. The maximum Gasteiger partial charge on any atom is 0.0541 e. The van der Waals surface area contributed by atoms with Crippen molar-refractivity contribution in [1.29, 1.82) is 0 Å². The van der Waals surface area contributed by atoms with Gasteiger partial charge >= 0.3 is 0 Å². The number of rotatable bonds is 7. The first-order valence-corrected chi connectivity index (χ1v) is 21.3. The number of nitrogens with zero attached hydrogens (tertiary/aromatic N) is 2. The van der Waals surface area contributed by atoms with Crippen LogP contribution in [0.5, 0.6) is 0 Å². The van der Waals surface area contributed by atoms with Gasteiger partial charge in [0.25, 0.3) is 0 Å². The maximum atomic E-state index is 2.40. The molecule has 0 N–H and O–H groups in total. The minimum Gasteiger partial charge on any atom is -0.309 e. The molecule has 2 heteroatoms. The molecule has 12 aromatic rings. The highest BCUT2D eigenvalue weighted by Gasteiger charge is 2.17. The van der Waals surface area contributed by atoms with Crippen LogP contribution in [-0.4, -0.2) is 9.13 Å². The lowest BCUT2D eigenvalue weighted by atomic mass is 9.99. The molecular formula is C60H40N2. The van der Waals surface area contributed by atoms with Gasteiger partial charge in [-0.3, -0.25) is 0 Å². The summed E-state index contributed by atoms with van der Waals surface area (Å²) in [5.74, 6) is 0. The predicted octanol–water partition coefficient (Wildman–Crippen LogP) is 16.2. The summed E-state index contributed by atoms with van der Waals surface area (Å²) in [5.41, 5.74) is 19.2. The van der Waals surface area contributed by atoms with Crippen molar-refractivity contribution in [3.8, 4) is 67.0 Å². The molecule has 0 saturated carbocycles. The third-order valence-electron chi connectivity index (χ3n) is 12.6. The molecule has 0 aliphatic rings. The monoisotopic (exact) mass is 788 g/mol. The van der Waals surface area contributed by atoms with E-state index in [1.807, 2.05) is 0 Å². The third-order valence-corrected chi connectivity index (χ3v) is 12.6. The zero-order valence-electron chi connectivity index (χ0n) is 34.0. The minimum atomic E-state index is 1.15. The van der Waals surface area contributed by atoms with Crippen LogP contribution in [0.3, 0.4) is 0 Å². The summed E-state index contributed by atoms with van der Waals surface area (Å²) in [4.78, 5) is 0. The number of hydrogen-bond acceptors (Lipinski definition) is 0. The highest BCUT2D eigenvalue weighted by molar-refractivity contribution is 6.12. The van der Waals surface area contributed by atoms with Crippen molar-refractivity contribution in [1.82, 2.24) is 9.13 Å². The van der Waals surface area contributed by atoms with Gasteiger partial charge in [0, 0.05) is 32.9 Å². The molecule has 0 aliphatic carbocycles. The molecule has 0 bridgehead atoms. The lowest BCUT2D eigenvalue weighted by Gasteiger charge is -2.11. The first kappa shape index (κ1) is 35.7. The standard InChI is InChI=1S/C60H40N2/c1-3-12-41(13-4-1)43-22-24-44(25-23-43)45-26-32-51(33-27-45)61-57-20-9-7-18-53(57)55-39-49(30-36-59(55)61)50-31-37-60-56(40-50)54-19-8-10-21-58(54)62(60)52-34-28-46(29-35-52)48-17-11-16-47(38-48)42-14-5-2-6-15-42/h1-40H. The largest absolute Gasteiger partial charge is 0.309 e. The molecule has 0 saturated heterocycles. The Labute approximate surface area is 360 Å². The van der Waals surface area contributed by atoms with Crippen molar-refractivity contribution in [2.24, 2.45) is 0 Å². The Kier molecular flexibility index (Phi) is 8.53. The van der Waals surface area contributed by atoms with Crippen LogP contribution in [0.25, 0.3) is 111 Å². The van der Waals surface area contributed by atoms with E-state index in [0.29, 0.717) is 0 Å². The quantitative estimate of drug-likeness (QED) is 0.152. The van der Waals surface area contributed by atoms with Gasteiger partial charge in [-0.15, -0.1) is 0 Å². The Hall–Kier alpha value is -8.20. The Morgan fingerprint density at radius 2 is 0.468 bits per heavy atom. The van der Waals surface area contributed by atoms with Crippen LogP contribution in [-0.2, 0) is 0 Å². The first-order chi connectivity index (χ1) is 30.7. The minimum absolute atomic E-state index is 1.15. The SMILES string of the molecule is c1ccc(-c2ccc(-c3ccc(-n4c5ccccc5c5cc(-c6ccc7c(c6)c6ccccc6n7-c6ccc(-c7cccc(-c8ccccc8)c7)cc6)ccc54)cc3)cc2)cc1.